The van der Waals surface area contributed by atoms with Gasteiger partial charge in [-0.2, -0.15) is 0 Å². The van der Waals surface area contributed by atoms with Crippen LogP contribution >= 0.6 is 11.8 Å². The molecule has 2 unspecified atom stereocenters. The molecule has 0 aliphatic rings. The monoisotopic (exact) mass is 275 g/mol. The average molecular weight is 275 g/mol. The first kappa shape index (κ1) is 14.5. The van der Waals surface area contributed by atoms with Gasteiger partial charge in [0.05, 0.1) is 11.0 Å². The van der Waals surface area contributed by atoms with Crippen LogP contribution in [0, 0.1) is 0 Å². The maximum atomic E-state index is 11.5. The molecule has 0 aliphatic heterocycles. The van der Waals surface area contributed by atoms with E-state index in [0.29, 0.717) is 0 Å². The Labute approximate surface area is 106 Å². The second-order valence-electron chi connectivity index (χ2n) is 3.74. The molecule has 2 atom stereocenters. The number of nitrogens with one attached hydrogen (secondary N) is 1. The SMILES string of the molecule is CNS(=O)(=O)c1ccc(SC(C)C(C)O)cc1. The second-order valence-corrected chi connectivity index (χ2v) is 7.08. The first-order valence-corrected chi connectivity index (χ1v) is 7.61. The molecule has 0 bridgehead atoms. The van der Waals surface area contributed by atoms with Crippen LogP contribution in [-0.2, 0) is 10.0 Å². The molecule has 17 heavy (non-hydrogen) atoms. The van der Waals surface area contributed by atoms with E-state index in [0.717, 1.165) is 4.90 Å². The smallest absolute Gasteiger partial charge is 0.240 e. The molecule has 0 spiro atoms. The molecular formula is C11H17NO3S2. The van der Waals surface area contributed by atoms with Crippen molar-refractivity contribution in [1.29, 1.82) is 0 Å². The van der Waals surface area contributed by atoms with Gasteiger partial charge in [-0.3, -0.25) is 0 Å². The van der Waals surface area contributed by atoms with Gasteiger partial charge in [0, 0.05) is 10.1 Å². The lowest BCUT2D eigenvalue weighted by molar-refractivity contribution is 0.196. The number of thioether (sulfide) groups is 1. The Morgan fingerprint density at radius 3 is 2.18 bits per heavy atom. The molecule has 6 heteroatoms. The Kier molecular flexibility index (Phi) is 5.00. The third kappa shape index (κ3) is 3.99. The number of sulfonamides is 1. The summed E-state index contributed by atoms with van der Waals surface area (Å²) in [4.78, 5) is 1.18. The van der Waals surface area contributed by atoms with E-state index >= 15 is 0 Å². The van der Waals surface area contributed by atoms with Gasteiger partial charge in [-0.1, -0.05) is 6.92 Å². The van der Waals surface area contributed by atoms with E-state index in [1.165, 1.54) is 18.8 Å². The molecule has 96 valence electrons. The molecule has 0 heterocycles. The number of rotatable bonds is 5. The van der Waals surface area contributed by atoms with E-state index in [4.69, 9.17) is 0 Å². The Hall–Kier alpha value is -0.560. The van der Waals surface area contributed by atoms with Crippen molar-refractivity contribution in [2.75, 3.05) is 7.05 Å². The van der Waals surface area contributed by atoms with E-state index in [1.54, 1.807) is 31.2 Å². The molecule has 1 aromatic carbocycles. The predicted molar refractivity (Wildman–Crippen MR) is 69.7 cm³/mol. The predicted octanol–water partition coefficient (Wildman–Crippen LogP) is 1.46. The molecular weight excluding hydrogens is 258 g/mol. The van der Waals surface area contributed by atoms with Crippen molar-refractivity contribution in [3.05, 3.63) is 24.3 Å². The topological polar surface area (TPSA) is 66.4 Å². The van der Waals surface area contributed by atoms with Crippen LogP contribution in [0.25, 0.3) is 0 Å². The van der Waals surface area contributed by atoms with Crippen LogP contribution < -0.4 is 4.72 Å². The highest BCUT2D eigenvalue weighted by molar-refractivity contribution is 8.00. The van der Waals surface area contributed by atoms with Crippen molar-refractivity contribution in [3.63, 3.8) is 0 Å². The zero-order valence-corrected chi connectivity index (χ0v) is 11.7. The Balaban J connectivity index is 2.82. The minimum atomic E-state index is -3.37. The lowest BCUT2D eigenvalue weighted by atomic mass is 10.3. The van der Waals surface area contributed by atoms with Crippen molar-refractivity contribution < 1.29 is 13.5 Å². The van der Waals surface area contributed by atoms with E-state index in [-0.39, 0.29) is 10.1 Å². The number of hydrogen-bond acceptors (Lipinski definition) is 4. The summed E-state index contributed by atoms with van der Waals surface area (Å²) >= 11 is 1.51. The zero-order chi connectivity index (χ0) is 13.1. The van der Waals surface area contributed by atoms with Crippen LogP contribution in [0.1, 0.15) is 13.8 Å². The molecule has 1 aromatic rings. The lowest BCUT2D eigenvalue weighted by Crippen LogP contribution is -2.18. The molecule has 0 amide bonds. The Morgan fingerprint density at radius 2 is 1.76 bits per heavy atom. The number of benzene rings is 1. The zero-order valence-electron chi connectivity index (χ0n) is 10.0. The summed E-state index contributed by atoms with van der Waals surface area (Å²) in [6.07, 6.45) is -0.402. The largest absolute Gasteiger partial charge is 0.392 e. The molecule has 1 rings (SSSR count). The van der Waals surface area contributed by atoms with Crippen molar-refractivity contribution >= 4 is 21.8 Å². The van der Waals surface area contributed by atoms with Gasteiger partial charge in [0.15, 0.2) is 0 Å². The first-order valence-electron chi connectivity index (χ1n) is 5.25. The van der Waals surface area contributed by atoms with E-state index in [2.05, 4.69) is 4.72 Å². The fourth-order valence-corrected chi connectivity index (χ4v) is 2.78. The van der Waals surface area contributed by atoms with E-state index in [1.807, 2.05) is 6.92 Å². The lowest BCUT2D eigenvalue weighted by Gasteiger charge is -2.14. The molecule has 0 saturated heterocycles. The van der Waals surface area contributed by atoms with Gasteiger partial charge >= 0.3 is 0 Å². The fraction of sp³-hybridized carbons (Fsp3) is 0.455. The number of hydrogen-bond donors (Lipinski definition) is 2. The minimum Gasteiger partial charge on any atom is -0.392 e. The van der Waals surface area contributed by atoms with Crippen LogP contribution in [0.2, 0.25) is 0 Å². The van der Waals surface area contributed by atoms with Gasteiger partial charge in [-0.05, 0) is 38.2 Å². The molecule has 0 saturated carbocycles. The second kappa shape index (κ2) is 5.86. The van der Waals surface area contributed by atoms with Crippen LogP contribution in [0.3, 0.4) is 0 Å². The maximum absolute atomic E-state index is 11.5. The summed E-state index contributed by atoms with van der Waals surface area (Å²) in [5, 5.41) is 9.45. The first-order chi connectivity index (χ1) is 7.86. The van der Waals surface area contributed by atoms with Gasteiger partial charge in [-0.25, -0.2) is 13.1 Å². The van der Waals surface area contributed by atoms with Crippen LogP contribution in [-0.4, -0.2) is 31.9 Å². The summed E-state index contributed by atoms with van der Waals surface area (Å²) in [5.74, 6) is 0. The molecule has 0 aliphatic carbocycles. The molecule has 4 nitrogen and oxygen atoms in total. The van der Waals surface area contributed by atoms with Crippen molar-refractivity contribution in [3.8, 4) is 0 Å². The third-order valence-corrected chi connectivity index (χ3v) is 5.14. The van der Waals surface area contributed by atoms with Gasteiger partial charge in [0.25, 0.3) is 0 Å². The van der Waals surface area contributed by atoms with Crippen LogP contribution in [0.4, 0.5) is 0 Å². The highest BCUT2D eigenvalue weighted by Crippen LogP contribution is 2.26. The standard InChI is InChI=1S/C11H17NO3S2/c1-8(13)9(2)16-10-4-6-11(7-5-10)17(14,15)12-3/h4-9,12-13H,1-3H3. The normalized spacial score (nSPS) is 15.5. The van der Waals surface area contributed by atoms with E-state index in [9.17, 15) is 13.5 Å². The van der Waals surface area contributed by atoms with Crippen LogP contribution in [0.15, 0.2) is 34.1 Å². The quantitative estimate of drug-likeness (QED) is 0.798. The van der Waals surface area contributed by atoms with E-state index < -0.39 is 16.1 Å². The summed E-state index contributed by atoms with van der Waals surface area (Å²) < 4.78 is 25.2. The minimum absolute atomic E-state index is 0.0711. The van der Waals surface area contributed by atoms with Gasteiger partial charge in [0.1, 0.15) is 0 Å². The van der Waals surface area contributed by atoms with Gasteiger partial charge in [0.2, 0.25) is 10.0 Å². The number of aliphatic hydroxyl groups is 1. The van der Waals surface area contributed by atoms with Gasteiger partial charge in [-0.15, -0.1) is 11.8 Å². The Bertz CT molecular complexity index is 454. The summed E-state index contributed by atoms with van der Waals surface area (Å²) in [6.45, 7) is 3.66. The highest BCUT2D eigenvalue weighted by atomic mass is 32.2. The summed E-state index contributed by atoms with van der Waals surface area (Å²) in [5.41, 5.74) is 0. The summed E-state index contributed by atoms with van der Waals surface area (Å²) in [6, 6.07) is 6.60. The van der Waals surface area contributed by atoms with Crippen LogP contribution in [0.5, 0.6) is 0 Å². The molecule has 0 aromatic heterocycles. The van der Waals surface area contributed by atoms with Crippen molar-refractivity contribution in [1.82, 2.24) is 4.72 Å². The Morgan fingerprint density at radius 1 is 1.24 bits per heavy atom. The molecule has 0 fully saturated rings. The average Bonchev–Trinajstić information content (AvgIpc) is 2.29. The van der Waals surface area contributed by atoms with Crippen molar-refractivity contribution in [2.45, 2.75) is 35.0 Å². The maximum Gasteiger partial charge on any atom is 0.240 e. The number of aliphatic hydroxyl groups excluding tert-OH is 1. The highest BCUT2D eigenvalue weighted by Gasteiger charge is 2.13. The summed E-state index contributed by atoms with van der Waals surface area (Å²) in [7, 11) is -1.99. The third-order valence-electron chi connectivity index (χ3n) is 2.40. The molecule has 2 N–H and O–H groups in total. The molecule has 0 radical (unpaired) electrons. The van der Waals surface area contributed by atoms with Crippen molar-refractivity contribution in [2.24, 2.45) is 0 Å². The fourth-order valence-electron chi connectivity index (χ4n) is 1.13. The van der Waals surface area contributed by atoms with Gasteiger partial charge < -0.3 is 5.11 Å².